The van der Waals surface area contributed by atoms with Crippen LogP contribution in [-0.2, 0) is 11.2 Å². The molecule has 0 radical (unpaired) electrons. The molecule has 1 amide bonds. The van der Waals surface area contributed by atoms with Gasteiger partial charge in [0, 0.05) is 13.5 Å². The van der Waals surface area contributed by atoms with Gasteiger partial charge in [0.25, 0.3) is 0 Å². The van der Waals surface area contributed by atoms with E-state index in [1.54, 1.807) is 6.92 Å². The summed E-state index contributed by atoms with van der Waals surface area (Å²) in [7, 11) is 0. The molecule has 138 valence electrons. The third kappa shape index (κ3) is 4.06. The summed E-state index contributed by atoms with van der Waals surface area (Å²) in [4.78, 5) is 16.5. The van der Waals surface area contributed by atoms with Crippen LogP contribution in [0.25, 0.3) is 0 Å². The first kappa shape index (κ1) is 18.4. The maximum Gasteiger partial charge on any atom is 0.219 e. The lowest BCUT2D eigenvalue weighted by Crippen LogP contribution is -2.46. The molecule has 2 aliphatic heterocycles. The molecule has 4 heteroatoms. The number of carbonyl (C=O) groups is 1. The molecule has 1 N–H and O–H groups in total. The standard InChI is InChI=1S/C21H32N2O2/c1-18(25)23-16-21(15-20(23,2)17-24)10-13-22(14-11-21)12-6-9-19-7-4-3-5-8-19/h3-5,7-8,24H,6,9-17H2,1-2H3/t20-/m0/s1. The maximum absolute atomic E-state index is 12.0. The fraction of sp³-hybridized carbons (Fsp3) is 0.667. The molecule has 4 nitrogen and oxygen atoms in total. The van der Waals surface area contributed by atoms with Crippen molar-refractivity contribution in [2.75, 3.05) is 32.8 Å². The van der Waals surface area contributed by atoms with Crippen LogP contribution in [0.4, 0.5) is 0 Å². The van der Waals surface area contributed by atoms with Crippen molar-refractivity contribution in [2.45, 2.75) is 51.5 Å². The van der Waals surface area contributed by atoms with Gasteiger partial charge in [-0.05, 0) is 69.6 Å². The van der Waals surface area contributed by atoms with E-state index in [1.807, 2.05) is 11.8 Å². The number of rotatable bonds is 5. The smallest absolute Gasteiger partial charge is 0.219 e. The highest BCUT2D eigenvalue weighted by Crippen LogP contribution is 2.47. The van der Waals surface area contributed by atoms with Crippen molar-refractivity contribution in [3.63, 3.8) is 0 Å². The second-order valence-electron chi connectivity index (χ2n) is 8.37. The lowest BCUT2D eigenvalue weighted by molar-refractivity contribution is -0.134. The number of piperidine rings is 1. The van der Waals surface area contributed by atoms with E-state index in [9.17, 15) is 9.90 Å². The number of amides is 1. The lowest BCUT2D eigenvalue weighted by atomic mass is 9.74. The highest BCUT2D eigenvalue weighted by Gasteiger charge is 2.52. The largest absolute Gasteiger partial charge is 0.394 e. The van der Waals surface area contributed by atoms with Gasteiger partial charge in [0.2, 0.25) is 5.91 Å². The molecule has 0 aromatic heterocycles. The molecule has 2 saturated heterocycles. The third-order valence-corrected chi connectivity index (χ3v) is 6.32. The zero-order valence-electron chi connectivity index (χ0n) is 15.7. The van der Waals surface area contributed by atoms with E-state index >= 15 is 0 Å². The summed E-state index contributed by atoms with van der Waals surface area (Å²) in [5, 5.41) is 9.83. The van der Waals surface area contributed by atoms with E-state index in [4.69, 9.17) is 0 Å². The average molecular weight is 344 g/mol. The van der Waals surface area contributed by atoms with E-state index in [0.717, 1.165) is 51.9 Å². The summed E-state index contributed by atoms with van der Waals surface area (Å²) in [5.74, 6) is 0.0960. The summed E-state index contributed by atoms with van der Waals surface area (Å²) in [6.45, 7) is 7.93. The Kier molecular flexibility index (Phi) is 5.49. The van der Waals surface area contributed by atoms with Crippen LogP contribution in [0.3, 0.4) is 0 Å². The number of hydrogen-bond acceptors (Lipinski definition) is 3. The minimum Gasteiger partial charge on any atom is -0.394 e. The molecule has 0 saturated carbocycles. The van der Waals surface area contributed by atoms with E-state index in [1.165, 1.54) is 12.0 Å². The van der Waals surface area contributed by atoms with Gasteiger partial charge in [0.05, 0.1) is 12.1 Å². The Morgan fingerprint density at radius 1 is 1.20 bits per heavy atom. The van der Waals surface area contributed by atoms with Crippen molar-refractivity contribution in [1.82, 2.24) is 9.80 Å². The van der Waals surface area contributed by atoms with Crippen LogP contribution in [0.5, 0.6) is 0 Å². The number of aryl methyl sites for hydroxylation is 1. The number of carbonyl (C=O) groups excluding carboxylic acids is 1. The number of likely N-dealkylation sites (tertiary alicyclic amines) is 2. The van der Waals surface area contributed by atoms with Crippen LogP contribution < -0.4 is 0 Å². The Balaban J connectivity index is 1.49. The fourth-order valence-corrected chi connectivity index (χ4v) is 4.86. The average Bonchev–Trinajstić information content (AvgIpc) is 2.91. The van der Waals surface area contributed by atoms with Gasteiger partial charge in [-0.2, -0.15) is 0 Å². The molecule has 25 heavy (non-hydrogen) atoms. The van der Waals surface area contributed by atoms with E-state index in [0.29, 0.717) is 0 Å². The molecule has 0 aliphatic carbocycles. The van der Waals surface area contributed by atoms with Crippen LogP contribution in [0, 0.1) is 5.41 Å². The van der Waals surface area contributed by atoms with Crippen LogP contribution in [-0.4, -0.2) is 59.1 Å². The third-order valence-electron chi connectivity index (χ3n) is 6.32. The van der Waals surface area contributed by atoms with Crippen molar-refractivity contribution in [1.29, 1.82) is 0 Å². The number of benzene rings is 1. The predicted molar refractivity (Wildman–Crippen MR) is 100 cm³/mol. The van der Waals surface area contributed by atoms with E-state index in [-0.39, 0.29) is 23.5 Å². The quantitative estimate of drug-likeness (QED) is 0.893. The topological polar surface area (TPSA) is 43.8 Å². The summed E-state index contributed by atoms with van der Waals surface area (Å²) in [6, 6.07) is 10.7. The normalized spacial score (nSPS) is 26.3. The van der Waals surface area contributed by atoms with Crippen molar-refractivity contribution in [2.24, 2.45) is 5.41 Å². The molecule has 1 aromatic rings. The Morgan fingerprint density at radius 3 is 2.44 bits per heavy atom. The van der Waals surface area contributed by atoms with Crippen LogP contribution in [0.1, 0.15) is 45.1 Å². The summed E-state index contributed by atoms with van der Waals surface area (Å²) >= 11 is 0. The zero-order chi connectivity index (χ0) is 17.9. The molecule has 2 aliphatic rings. The molecular weight excluding hydrogens is 312 g/mol. The predicted octanol–water partition coefficient (Wildman–Crippen LogP) is 2.70. The lowest BCUT2D eigenvalue weighted by Gasteiger charge is -2.39. The van der Waals surface area contributed by atoms with Gasteiger partial charge in [-0.3, -0.25) is 4.79 Å². The van der Waals surface area contributed by atoms with Gasteiger partial charge < -0.3 is 14.9 Å². The molecule has 0 unspecified atom stereocenters. The highest BCUT2D eigenvalue weighted by atomic mass is 16.3. The number of nitrogens with zero attached hydrogens (tertiary/aromatic N) is 2. The minimum atomic E-state index is -0.374. The Labute approximate surface area is 151 Å². The van der Waals surface area contributed by atoms with Crippen molar-refractivity contribution < 1.29 is 9.90 Å². The first-order chi connectivity index (χ1) is 12.0. The van der Waals surface area contributed by atoms with Crippen molar-refractivity contribution in [3.8, 4) is 0 Å². The number of aliphatic hydroxyl groups is 1. The van der Waals surface area contributed by atoms with Crippen LogP contribution in [0.15, 0.2) is 30.3 Å². The number of hydrogen-bond donors (Lipinski definition) is 1. The molecule has 1 atom stereocenters. The molecule has 2 heterocycles. The molecule has 3 rings (SSSR count). The summed E-state index contributed by atoms with van der Waals surface area (Å²) < 4.78 is 0. The second kappa shape index (κ2) is 7.46. The Hall–Kier alpha value is -1.39. The van der Waals surface area contributed by atoms with Gasteiger partial charge in [-0.1, -0.05) is 30.3 Å². The SMILES string of the molecule is CC(=O)N1CC2(CCN(CCCc3ccccc3)CC2)C[C@@]1(C)CO. The highest BCUT2D eigenvalue weighted by molar-refractivity contribution is 5.74. The van der Waals surface area contributed by atoms with Crippen molar-refractivity contribution >= 4 is 5.91 Å². The zero-order valence-corrected chi connectivity index (χ0v) is 15.7. The first-order valence-corrected chi connectivity index (χ1v) is 9.62. The number of aliphatic hydroxyl groups excluding tert-OH is 1. The summed E-state index contributed by atoms with van der Waals surface area (Å²) in [5.41, 5.74) is 1.25. The van der Waals surface area contributed by atoms with E-state index < -0.39 is 0 Å². The molecular formula is C21H32N2O2. The molecule has 0 bridgehead atoms. The van der Waals surface area contributed by atoms with Crippen LogP contribution >= 0.6 is 0 Å². The van der Waals surface area contributed by atoms with Gasteiger partial charge in [-0.15, -0.1) is 0 Å². The van der Waals surface area contributed by atoms with Crippen LogP contribution in [0.2, 0.25) is 0 Å². The van der Waals surface area contributed by atoms with Gasteiger partial charge in [0.1, 0.15) is 0 Å². The summed E-state index contributed by atoms with van der Waals surface area (Å²) in [6.07, 6.45) is 5.55. The van der Waals surface area contributed by atoms with Gasteiger partial charge >= 0.3 is 0 Å². The second-order valence-corrected chi connectivity index (χ2v) is 8.37. The molecule has 2 fully saturated rings. The van der Waals surface area contributed by atoms with Crippen molar-refractivity contribution in [3.05, 3.63) is 35.9 Å². The molecule has 1 spiro atoms. The van der Waals surface area contributed by atoms with Gasteiger partial charge in [0.15, 0.2) is 0 Å². The Morgan fingerprint density at radius 2 is 1.88 bits per heavy atom. The van der Waals surface area contributed by atoms with E-state index in [2.05, 4.69) is 35.2 Å². The maximum atomic E-state index is 12.0. The van der Waals surface area contributed by atoms with Gasteiger partial charge in [-0.25, -0.2) is 0 Å². The first-order valence-electron chi connectivity index (χ1n) is 9.62. The molecule has 1 aromatic carbocycles. The fourth-order valence-electron chi connectivity index (χ4n) is 4.86. The Bertz CT molecular complexity index is 581. The minimum absolute atomic E-state index is 0.0646. The monoisotopic (exact) mass is 344 g/mol.